The summed E-state index contributed by atoms with van der Waals surface area (Å²) in [5.41, 5.74) is -0.0177. The fourth-order valence-electron chi connectivity index (χ4n) is 1.72. The summed E-state index contributed by atoms with van der Waals surface area (Å²) in [6, 6.07) is 13.5. The van der Waals surface area contributed by atoms with Gasteiger partial charge in [0.2, 0.25) is 5.16 Å². The van der Waals surface area contributed by atoms with Crippen molar-refractivity contribution in [2.45, 2.75) is 10.1 Å². The van der Waals surface area contributed by atoms with Gasteiger partial charge in [0, 0.05) is 4.90 Å². The minimum atomic E-state index is -0.693. The van der Waals surface area contributed by atoms with Crippen LogP contribution in [0.25, 0.3) is 0 Å². The van der Waals surface area contributed by atoms with Crippen molar-refractivity contribution in [1.82, 2.24) is 14.8 Å². The van der Waals surface area contributed by atoms with Crippen LogP contribution in [0.5, 0.6) is 0 Å². The Hall–Kier alpha value is -2.03. The molecule has 0 aliphatic heterocycles. The number of hydrogen-bond acceptors (Lipinski definition) is 5. The predicted molar refractivity (Wildman–Crippen MR) is 94.0 cm³/mol. The number of aromatic nitrogens is 3. The first-order valence-corrected chi connectivity index (χ1v) is 9.23. The summed E-state index contributed by atoms with van der Waals surface area (Å²) < 4.78 is 14.8. The standard InChI is InChI=1S/C15H10ClFN4OS2/c16-11-7-4-8-12(13(11)17)19-15(22)21-9-18-14(20-21)24-23-10-5-2-1-3-6-10/h1-9H,(H,19,22). The molecule has 0 fully saturated rings. The molecular formula is C15H10ClFN4OS2. The van der Waals surface area contributed by atoms with Crippen LogP contribution in [0, 0.1) is 5.82 Å². The van der Waals surface area contributed by atoms with Gasteiger partial charge in [-0.25, -0.2) is 14.2 Å². The largest absolute Gasteiger partial charge is 0.348 e. The molecule has 3 rings (SSSR count). The minimum absolute atomic E-state index is 0.0177. The Bertz CT molecular complexity index is 860. The summed E-state index contributed by atoms with van der Waals surface area (Å²) in [7, 11) is 2.80. The Balaban J connectivity index is 1.64. The van der Waals surface area contributed by atoms with E-state index >= 15 is 0 Å². The molecule has 1 amide bonds. The Kier molecular flexibility index (Phi) is 5.39. The van der Waals surface area contributed by atoms with Gasteiger partial charge in [0.25, 0.3) is 0 Å². The highest BCUT2D eigenvalue weighted by molar-refractivity contribution is 8.76. The van der Waals surface area contributed by atoms with Crippen molar-refractivity contribution in [3.63, 3.8) is 0 Å². The van der Waals surface area contributed by atoms with Crippen LogP contribution in [0.3, 0.4) is 0 Å². The number of anilines is 1. The first kappa shape index (κ1) is 16.8. The SMILES string of the molecule is O=C(Nc1cccc(Cl)c1F)n1cnc(SSc2ccccc2)n1. The molecule has 9 heteroatoms. The topological polar surface area (TPSA) is 59.8 Å². The van der Waals surface area contributed by atoms with Crippen LogP contribution in [0.4, 0.5) is 14.9 Å². The lowest BCUT2D eigenvalue weighted by molar-refractivity contribution is 0.250. The van der Waals surface area contributed by atoms with Crippen LogP contribution in [0.1, 0.15) is 0 Å². The third-order valence-corrected chi connectivity index (χ3v) is 5.28. The molecule has 0 unspecified atom stereocenters. The molecule has 0 atom stereocenters. The van der Waals surface area contributed by atoms with Gasteiger partial charge in [0.05, 0.1) is 10.7 Å². The van der Waals surface area contributed by atoms with Crippen LogP contribution in [0.2, 0.25) is 5.02 Å². The Morgan fingerprint density at radius 1 is 1.12 bits per heavy atom. The Morgan fingerprint density at radius 3 is 2.71 bits per heavy atom. The van der Waals surface area contributed by atoms with E-state index in [0.29, 0.717) is 5.16 Å². The molecule has 0 spiro atoms. The maximum atomic E-state index is 13.8. The molecule has 3 aromatic rings. The van der Waals surface area contributed by atoms with E-state index in [9.17, 15) is 9.18 Å². The van der Waals surface area contributed by atoms with Gasteiger partial charge in [0.15, 0.2) is 5.82 Å². The van der Waals surface area contributed by atoms with Crippen LogP contribution in [-0.2, 0) is 0 Å². The summed E-state index contributed by atoms with van der Waals surface area (Å²) in [4.78, 5) is 17.2. The van der Waals surface area contributed by atoms with Gasteiger partial charge in [-0.3, -0.25) is 0 Å². The maximum Gasteiger partial charge on any atom is 0.348 e. The monoisotopic (exact) mass is 380 g/mol. The molecule has 24 heavy (non-hydrogen) atoms. The van der Waals surface area contributed by atoms with Gasteiger partial charge in [-0.2, -0.15) is 4.68 Å². The molecule has 0 saturated heterocycles. The third kappa shape index (κ3) is 4.08. The third-order valence-electron chi connectivity index (χ3n) is 2.83. The molecule has 1 aromatic heterocycles. The lowest BCUT2D eigenvalue weighted by Crippen LogP contribution is -2.20. The summed E-state index contributed by atoms with van der Waals surface area (Å²) in [5, 5.41) is 6.81. The van der Waals surface area contributed by atoms with Crippen LogP contribution in [0.15, 0.2) is 64.9 Å². The second-order valence-corrected chi connectivity index (χ2v) is 7.06. The highest BCUT2D eigenvalue weighted by Crippen LogP contribution is 2.34. The molecule has 0 radical (unpaired) electrons. The number of carbonyl (C=O) groups excluding carboxylic acids is 1. The molecule has 5 nitrogen and oxygen atoms in total. The van der Waals surface area contributed by atoms with Crippen molar-refractivity contribution >= 4 is 44.9 Å². The first-order chi connectivity index (χ1) is 11.6. The molecule has 122 valence electrons. The number of benzene rings is 2. The van der Waals surface area contributed by atoms with Crippen LogP contribution in [-0.4, -0.2) is 20.8 Å². The molecule has 0 aliphatic carbocycles. The molecule has 0 aliphatic rings. The van der Waals surface area contributed by atoms with E-state index in [4.69, 9.17) is 11.6 Å². The van der Waals surface area contributed by atoms with Gasteiger partial charge in [-0.05, 0) is 45.9 Å². The lowest BCUT2D eigenvalue weighted by atomic mass is 10.3. The van der Waals surface area contributed by atoms with E-state index in [2.05, 4.69) is 15.4 Å². The summed E-state index contributed by atoms with van der Waals surface area (Å²) in [6.45, 7) is 0. The Morgan fingerprint density at radius 2 is 1.92 bits per heavy atom. The number of rotatable bonds is 4. The van der Waals surface area contributed by atoms with Crippen molar-refractivity contribution < 1.29 is 9.18 Å². The fraction of sp³-hybridized carbons (Fsp3) is 0. The quantitative estimate of drug-likeness (QED) is 0.649. The van der Waals surface area contributed by atoms with Gasteiger partial charge in [-0.1, -0.05) is 35.9 Å². The number of hydrogen-bond donors (Lipinski definition) is 1. The second-order valence-electron chi connectivity index (χ2n) is 4.48. The number of halogens is 2. The molecular weight excluding hydrogens is 371 g/mol. The Labute approximate surface area is 150 Å². The van der Waals surface area contributed by atoms with Crippen molar-refractivity contribution in [1.29, 1.82) is 0 Å². The van der Waals surface area contributed by atoms with E-state index in [1.165, 1.54) is 40.0 Å². The average molecular weight is 381 g/mol. The highest BCUT2D eigenvalue weighted by atomic mass is 35.5. The van der Waals surface area contributed by atoms with Gasteiger partial charge in [0.1, 0.15) is 6.33 Å². The molecule has 0 bridgehead atoms. The van der Waals surface area contributed by atoms with Crippen LogP contribution >= 0.6 is 33.2 Å². The highest BCUT2D eigenvalue weighted by Gasteiger charge is 2.13. The van der Waals surface area contributed by atoms with Gasteiger partial charge >= 0.3 is 6.03 Å². The van der Waals surface area contributed by atoms with Gasteiger partial charge in [-0.15, -0.1) is 5.10 Å². The summed E-state index contributed by atoms with van der Waals surface area (Å²) in [6.07, 6.45) is 1.27. The van der Waals surface area contributed by atoms with Crippen molar-refractivity contribution in [2.75, 3.05) is 5.32 Å². The second kappa shape index (κ2) is 7.69. The van der Waals surface area contributed by atoms with Crippen molar-refractivity contribution in [3.05, 3.63) is 65.7 Å². The molecule has 0 saturated carbocycles. The smallest absolute Gasteiger partial charge is 0.303 e. The zero-order valence-corrected chi connectivity index (χ0v) is 14.4. The normalized spacial score (nSPS) is 10.6. The maximum absolute atomic E-state index is 13.8. The van der Waals surface area contributed by atoms with Crippen molar-refractivity contribution in [2.24, 2.45) is 0 Å². The van der Waals surface area contributed by atoms with Crippen LogP contribution < -0.4 is 5.32 Å². The zero-order chi connectivity index (χ0) is 16.9. The zero-order valence-electron chi connectivity index (χ0n) is 12.0. The predicted octanol–water partition coefficient (Wildman–Crippen LogP) is 4.95. The summed E-state index contributed by atoms with van der Waals surface area (Å²) >= 11 is 5.68. The number of carbonyl (C=O) groups is 1. The molecule has 1 heterocycles. The lowest BCUT2D eigenvalue weighted by Gasteiger charge is -2.06. The van der Waals surface area contributed by atoms with E-state index in [1.807, 2.05) is 30.3 Å². The van der Waals surface area contributed by atoms with E-state index in [-0.39, 0.29) is 10.7 Å². The summed E-state index contributed by atoms with van der Waals surface area (Å²) in [5.74, 6) is -0.693. The first-order valence-electron chi connectivity index (χ1n) is 6.70. The average Bonchev–Trinajstić information content (AvgIpc) is 3.07. The number of nitrogens with one attached hydrogen (secondary N) is 1. The molecule has 1 N–H and O–H groups in total. The van der Waals surface area contributed by atoms with E-state index < -0.39 is 11.8 Å². The fourth-order valence-corrected chi connectivity index (χ4v) is 3.62. The minimum Gasteiger partial charge on any atom is -0.303 e. The van der Waals surface area contributed by atoms with E-state index in [0.717, 1.165) is 9.58 Å². The van der Waals surface area contributed by atoms with Crippen molar-refractivity contribution in [3.8, 4) is 0 Å². The number of nitrogens with zero attached hydrogens (tertiary/aromatic N) is 3. The van der Waals surface area contributed by atoms with E-state index in [1.54, 1.807) is 6.07 Å². The number of amides is 1. The van der Waals surface area contributed by atoms with Gasteiger partial charge < -0.3 is 5.32 Å². The molecule has 2 aromatic carbocycles.